The lowest BCUT2D eigenvalue weighted by Crippen LogP contribution is -2.30. The average molecular weight is 251 g/mol. The first-order valence-corrected chi connectivity index (χ1v) is 7.00. The minimum atomic E-state index is 0.657. The summed E-state index contributed by atoms with van der Waals surface area (Å²) in [6, 6.07) is 2.12. The average Bonchev–Trinajstić information content (AvgIpc) is 3.06. The molecule has 1 fully saturated rings. The van der Waals surface area contributed by atoms with Gasteiger partial charge in [0.05, 0.1) is 5.69 Å². The predicted octanol–water partition coefficient (Wildman–Crippen LogP) is 2.23. The van der Waals surface area contributed by atoms with Crippen LogP contribution in [0.3, 0.4) is 0 Å². The van der Waals surface area contributed by atoms with E-state index in [9.17, 15) is 0 Å². The first kappa shape index (κ1) is 13.6. The van der Waals surface area contributed by atoms with Gasteiger partial charge in [-0.15, -0.1) is 0 Å². The number of hydrogen-bond acceptors (Lipinski definition) is 4. The van der Waals surface area contributed by atoms with Crippen molar-refractivity contribution in [3.63, 3.8) is 0 Å². The molecule has 2 rings (SSSR count). The van der Waals surface area contributed by atoms with E-state index in [0.717, 1.165) is 37.6 Å². The Hall–Kier alpha value is -0.870. The molecule has 4 heteroatoms. The topological polar surface area (TPSA) is 41.3 Å². The SMILES string of the molecule is CC(C)CNCCN(C)Cc1cc(C2CC2)on1. The molecule has 1 aromatic rings. The summed E-state index contributed by atoms with van der Waals surface area (Å²) in [5.41, 5.74) is 1.06. The molecule has 0 aliphatic heterocycles. The lowest BCUT2D eigenvalue weighted by molar-refractivity contribution is 0.304. The number of likely N-dealkylation sites (N-methyl/N-ethyl adjacent to an activating group) is 1. The van der Waals surface area contributed by atoms with Crippen LogP contribution in [0.5, 0.6) is 0 Å². The highest BCUT2D eigenvalue weighted by Gasteiger charge is 2.27. The molecule has 0 aromatic carbocycles. The number of nitrogens with one attached hydrogen (secondary N) is 1. The normalized spacial score (nSPS) is 15.8. The van der Waals surface area contributed by atoms with E-state index in [4.69, 9.17) is 4.52 Å². The molecule has 18 heavy (non-hydrogen) atoms. The van der Waals surface area contributed by atoms with Gasteiger partial charge in [0.2, 0.25) is 0 Å². The molecule has 0 spiro atoms. The molecule has 0 saturated heterocycles. The Balaban J connectivity index is 1.64. The highest BCUT2D eigenvalue weighted by Crippen LogP contribution is 2.40. The van der Waals surface area contributed by atoms with Gasteiger partial charge in [-0.3, -0.25) is 4.90 Å². The van der Waals surface area contributed by atoms with Crippen molar-refractivity contribution in [2.75, 3.05) is 26.7 Å². The van der Waals surface area contributed by atoms with E-state index in [1.54, 1.807) is 0 Å². The molecule has 1 saturated carbocycles. The van der Waals surface area contributed by atoms with Crippen molar-refractivity contribution in [1.82, 2.24) is 15.4 Å². The fourth-order valence-electron chi connectivity index (χ4n) is 1.98. The molecule has 0 radical (unpaired) electrons. The van der Waals surface area contributed by atoms with Crippen molar-refractivity contribution in [3.05, 3.63) is 17.5 Å². The van der Waals surface area contributed by atoms with E-state index < -0.39 is 0 Å². The van der Waals surface area contributed by atoms with Gasteiger partial charge in [-0.2, -0.15) is 0 Å². The quantitative estimate of drug-likeness (QED) is 0.719. The molecule has 1 aliphatic rings. The van der Waals surface area contributed by atoms with Crippen LogP contribution in [-0.4, -0.2) is 36.7 Å². The first-order valence-electron chi connectivity index (χ1n) is 7.00. The molecule has 0 bridgehead atoms. The maximum atomic E-state index is 5.35. The van der Waals surface area contributed by atoms with Crippen LogP contribution >= 0.6 is 0 Å². The van der Waals surface area contributed by atoms with Gasteiger partial charge < -0.3 is 9.84 Å². The molecule has 1 aromatic heterocycles. The smallest absolute Gasteiger partial charge is 0.140 e. The van der Waals surface area contributed by atoms with Gasteiger partial charge in [0.15, 0.2) is 0 Å². The summed E-state index contributed by atoms with van der Waals surface area (Å²) in [7, 11) is 2.13. The minimum absolute atomic E-state index is 0.657. The van der Waals surface area contributed by atoms with Gasteiger partial charge in [0, 0.05) is 31.6 Å². The fourth-order valence-corrected chi connectivity index (χ4v) is 1.98. The van der Waals surface area contributed by atoms with Gasteiger partial charge in [-0.1, -0.05) is 19.0 Å². The van der Waals surface area contributed by atoms with Gasteiger partial charge in [0.25, 0.3) is 0 Å². The molecule has 1 aliphatic carbocycles. The summed E-state index contributed by atoms with van der Waals surface area (Å²) in [6.45, 7) is 8.49. The van der Waals surface area contributed by atoms with Crippen molar-refractivity contribution in [2.45, 2.75) is 39.2 Å². The van der Waals surface area contributed by atoms with Crippen molar-refractivity contribution in [1.29, 1.82) is 0 Å². The Kier molecular flexibility index (Phi) is 4.78. The maximum absolute atomic E-state index is 5.35. The van der Waals surface area contributed by atoms with Crippen LogP contribution in [0.25, 0.3) is 0 Å². The Labute approximate surface area is 110 Å². The molecule has 0 amide bonds. The Morgan fingerprint density at radius 2 is 2.28 bits per heavy atom. The second kappa shape index (κ2) is 6.34. The van der Waals surface area contributed by atoms with Crippen LogP contribution in [0.4, 0.5) is 0 Å². The van der Waals surface area contributed by atoms with Crippen LogP contribution in [0.2, 0.25) is 0 Å². The Morgan fingerprint density at radius 3 is 2.94 bits per heavy atom. The van der Waals surface area contributed by atoms with E-state index in [1.165, 1.54) is 12.8 Å². The van der Waals surface area contributed by atoms with Crippen LogP contribution in [0.1, 0.15) is 44.1 Å². The van der Waals surface area contributed by atoms with Crippen LogP contribution < -0.4 is 5.32 Å². The summed E-state index contributed by atoms with van der Waals surface area (Å²) in [5, 5.41) is 7.59. The Morgan fingerprint density at radius 1 is 1.50 bits per heavy atom. The largest absolute Gasteiger partial charge is 0.361 e. The molecule has 4 nitrogen and oxygen atoms in total. The molecule has 1 N–H and O–H groups in total. The molecule has 1 heterocycles. The third-order valence-corrected chi connectivity index (χ3v) is 3.21. The fraction of sp³-hybridized carbons (Fsp3) is 0.786. The predicted molar refractivity (Wildman–Crippen MR) is 72.5 cm³/mol. The van der Waals surface area contributed by atoms with E-state index in [0.29, 0.717) is 11.8 Å². The summed E-state index contributed by atoms with van der Waals surface area (Å²) < 4.78 is 5.35. The lowest BCUT2D eigenvalue weighted by atomic mass is 10.2. The van der Waals surface area contributed by atoms with Crippen LogP contribution in [0, 0.1) is 5.92 Å². The van der Waals surface area contributed by atoms with Gasteiger partial charge in [0.1, 0.15) is 5.76 Å². The van der Waals surface area contributed by atoms with Crippen molar-refractivity contribution in [2.24, 2.45) is 5.92 Å². The second-order valence-corrected chi connectivity index (χ2v) is 5.83. The second-order valence-electron chi connectivity index (χ2n) is 5.83. The van der Waals surface area contributed by atoms with Crippen molar-refractivity contribution >= 4 is 0 Å². The highest BCUT2D eigenvalue weighted by molar-refractivity contribution is 5.14. The first-order chi connectivity index (χ1) is 8.65. The molecular weight excluding hydrogens is 226 g/mol. The monoisotopic (exact) mass is 251 g/mol. The van der Waals surface area contributed by atoms with Gasteiger partial charge in [-0.05, 0) is 32.4 Å². The highest BCUT2D eigenvalue weighted by atomic mass is 16.5. The molecule has 0 unspecified atom stereocenters. The number of rotatable bonds is 8. The van der Waals surface area contributed by atoms with Crippen LogP contribution in [-0.2, 0) is 6.54 Å². The van der Waals surface area contributed by atoms with Gasteiger partial charge in [-0.25, -0.2) is 0 Å². The van der Waals surface area contributed by atoms with E-state index in [1.807, 2.05) is 0 Å². The minimum Gasteiger partial charge on any atom is -0.361 e. The zero-order valence-corrected chi connectivity index (χ0v) is 11.8. The third kappa shape index (κ3) is 4.42. The molecule has 0 atom stereocenters. The van der Waals surface area contributed by atoms with Crippen molar-refractivity contribution < 1.29 is 4.52 Å². The summed E-state index contributed by atoms with van der Waals surface area (Å²) in [6.07, 6.45) is 2.53. The summed E-state index contributed by atoms with van der Waals surface area (Å²) >= 11 is 0. The van der Waals surface area contributed by atoms with E-state index in [2.05, 4.69) is 42.3 Å². The summed E-state index contributed by atoms with van der Waals surface area (Å²) in [4.78, 5) is 2.28. The van der Waals surface area contributed by atoms with Crippen molar-refractivity contribution in [3.8, 4) is 0 Å². The standard InChI is InChI=1S/C14H25N3O/c1-11(2)9-15-6-7-17(3)10-13-8-14(18-16-13)12-4-5-12/h8,11-12,15H,4-7,9-10H2,1-3H3. The number of aromatic nitrogens is 1. The molecular formula is C14H25N3O. The lowest BCUT2D eigenvalue weighted by Gasteiger charge is -2.15. The van der Waals surface area contributed by atoms with Gasteiger partial charge >= 0.3 is 0 Å². The third-order valence-electron chi connectivity index (χ3n) is 3.21. The number of nitrogens with zero attached hydrogens (tertiary/aromatic N) is 2. The van der Waals surface area contributed by atoms with E-state index in [-0.39, 0.29) is 0 Å². The Bertz CT molecular complexity index is 358. The zero-order chi connectivity index (χ0) is 13.0. The van der Waals surface area contributed by atoms with Crippen LogP contribution in [0.15, 0.2) is 10.6 Å². The maximum Gasteiger partial charge on any atom is 0.140 e. The number of hydrogen-bond donors (Lipinski definition) is 1. The summed E-state index contributed by atoms with van der Waals surface area (Å²) in [5.74, 6) is 2.45. The zero-order valence-electron chi connectivity index (χ0n) is 11.8. The van der Waals surface area contributed by atoms with E-state index >= 15 is 0 Å². The molecule has 102 valence electrons.